The second kappa shape index (κ2) is 5.31. The van der Waals surface area contributed by atoms with Gasteiger partial charge in [-0.2, -0.15) is 0 Å². The number of hydrogen-bond acceptors (Lipinski definition) is 2. The molecule has 1 N–H and O–H groups in total. The Hall–Kier alpha value is -0.0800. The van der Waals surface area contributed by atoms with E-state index in [-0.39, 0.29) is 5.41 Å². The van der Waals surface area contributed by atoms with Crippen LogP contribution in [-0.2, 0) is 0 Å². The molecule has 0 spiro atoms. The predicted molar refractivity (Wildman–Crippen MR) is 64.9 cm³/mol. The first kappa shape index (κ1) is 13.0. The summed E-state index contributed by atoms with van der Waals surface area (Å²) in [6, 6.07) is 0. The fourth-order valence-electron chi connectivity index (χ4n) is 2.74. The molecule has 0 bridgehead atoms. The van der Waals surface area contributed by atoms with Crippen molar-refractivity contribution in [3.05, 3.63) is 0 Å². The quantitative estimate of drug-likeness (QED) is 0.702. The molecule has 0 heterocycles. The second-order valence-electron chi connectivity index (χ2n) is 5.34. The highest BCUT2D eigenvalue weighted by Crippen LogP contribution is 2.57. The van der Waals surface area contributed by atoms with Gasteiger partial charge in [0.2, 0.25) is 0 Å². The summed E-state index contributed by atoms with van der Waals surface area (Å²) in [5, 5.41) is 9.49. The van der Waals surface area contributed by atoms with Crippen LogP contribution in [-0.4, -0.2) is 36.2 Å². The zero-order valence-corrected chi connectivity index (χ0v) is 10.8. The molecule has 0 aliphatic heterocycles. The molecule has 2 unspecified atom stereocenters. The van der Waals surface area contributed by atoms with E-state index in [0.717, 1.165) is 12.5 Å². The van der Waals surface area contributed by atoms with Crippen molar-refractivity contribution in [2.75, 3.05) is 26.2 Å². The maximum absolute atomic E-state index is 9.49. The number of hydrogen-bond donors (Lipinski definition) is 1. The number of aliphatic hydroxyl groups is 1. The van der Waals surface area contributed by atoms with Crippen molar-refractivity contribution in [3.8, 4) is 0 Å². The summed E-state index contributed by atoms with van der Waals surface area (Å²) in [6.45, 7) is 12.8. The van der Waals surface area contributed by atoms with Crippen LogP contribution in [0.25, 0.3) is 0 Å². The molecule has 1 aliphatic rings. The predicted octanol–water partition coefficient (Wildman–Crippen LogP) is 2.37. The summed E-state index contributed by atoms with van der Waals surface area (Å²) >= 11 is 0. The van der Waals surface area contributed by atoms with Crippen LogP contribution in [0, 0.1) is 17.3 Å². The van der Waals surface area contributed by atoms with Gasteiger partial charge in [0, 0.05) is 18.6 Å². The third-order valence-electron chi connectivity index (χ3n) is 4.19. The third-order valence-corrected chi connectivity index (χ3v) is 4.19. The van der Waals surface area contributed by atoms with E-state index in [1.165, 1.54) is 25.9 Å². The van der Waals surface area contributed by atoms with Crippen molar-refractivity contribution in [1.29, 1.82) is 0 Å². The minimum Gasteiger partial charge on any atom is -0.396 e. The Bertz CT molecular complexity index is 193. The highest BCUT2D eigenvalue weighted by atomic mass is 16.3. The van der Waals surface area contributed by atoms with E-state index in [2.05, 4.69) is 32.6 Å². The summed E-state index contributed by atoms with van der Waals surface area (Å²) < 4.78 is 0. The molecule has 2 heteroatoms. The third kappa shape index (κ3) is 2.73. The lowest BCUT2D eigenvalue weighted by molar-refractivity contribution is 0.143. The molecule has 0 aromatic rings. The lowest BCUT2D eigenvalue weighted by Gasteiger charge is -2.24. The van der Waals surface area contributed by atoms with Crippen LogP contribution in [0.15, 0.2) is 0 Å². The number of nitrogens with zero attached hydrogens (tertiary/aromatic N) is 1. The monoisotopic (exact) mass is 213 g/mol. The van der Waals surface area contributed by atoms with Crippen LogP contribution >= 0.6 is 0 Å². The molecular weight excluding hydrogens is 186 g/mol. The van der Waals surface area contributed by atoms with Crippen LogP contribution < -0.4 is 0 Å². The van der Waals surface area contributed by atoms with Gasteiger partial charge in [-0.3, -0.25) is 0 Å². The van der Waals surface area contributed by atoms with Gasteiger partial charge in [0.25, 0.3) is 0 Å². The van der Waals surface area contributed by atoms with Crippen molar-refractivity contribution in [1.82, 2.24) is 4.90 Å². The summed E-state index contributed by atoms with van der Waals surface area (Å²) in [6.07, 6.45) is 2.45. The van der Waals surface area contributed by atoms with Crippen LogP contribution in [0.1, 0.15) is 40.5 Å². The Morgan fingerprint density at radius 1 is 1.40 bits per heavy atom. The van der Waals surface area contributed by atoms with E-state index in [1.807, 2.05) is 0 Å². The summed E-state index contributed by atoms with van der Waals surface area (Å²) in [7, 11) is 0. The molecule has 0 radical (unpaired) electrons. The molecule has 2 atom stereocenters. The Balaban J connectivity index is 2.41. The van der Waals surface area contributed by atoms with Crippen molar-refractivity contribution >= 4 is 0 Å². The smallest absolute Gasteiger partial charge is 0.0493 e. The zero-order chi connectivity index (χ0) is 11.5. The van der Waals surface area contributed by atoms with Gasteiger partial charge in [0.05, 0.1) is 0 Å². The Morgan fingerprint density at radius 3 is 2.40 bits per heavy atom. The van der Waals surface area contributed by atoms with Gasteiger partial charge in [-0.15, -0.1) is 0 Å². The summed E-state index contributed by atoms with van der Waals surface area (Å²) in [4.78, 5) is 2.52. The van der Waals surface area contributed by atoms with E-state index in [9.17, 15) is 5.11 Å². The van der Waals surface area contributed by atoms with Gasteiger partial charge in [-0.05, 0) is 37.8 Å². The van der Waals surface area contributed by atoms with Gasteiger partial charge in [0.1, 0.15) is 0 Å². The van der Waals surface area contributed by atoms with Gasteiger partial charge in [-0.25, -0.2) is 0 Å². The number of aliphatic hydroxyl groups excluding tert-OH is 1. The second-order valence-corrected chi connectivity index (χ2v) is 5.34. The first-order chi connectivity index (χ1) is 7.10. The highest BCUT2D eigenvalue weighted by molar-refractivity contribution is 5.04. The average Bonchev–Trinajstić information content (AvgIpc) is 2.92. The van der Waals surface area contributed by atoms with E-state index in [0.29, 0.717) is 12.5 Å². The first-order valence-electron chi connectivity index (χ1n) is 6.43. The lowest BCUT2D eigenvalue weighted by Crippen LogP contribution is -2.30. The maximum atomic E-state index is 9.49. The highest BCUT2D eigenvalue weighted by Gasteiger charge is 2.55. The van der Waals surface area contributed by atoms with Crippen molar-refractivity contribution in [2.45, 2.75) is 40.5 Å². The molecule has 1 fully saturated rings. The van der Waals surface area contributed by atoms with E-state index < -0.39 is 0 Å². The molecule has 0 aromatic heterocycles. The molecular formula is C13H27NO. The summed E-state index contributed by atoms with van der Waals surface area (Å²) in [5.74, 6) is 1.35. The van der Waals surface area contributed by atoms with Crippen molar-refractivity contribution in [2.24, 2.45) is 17.3 Å². The largest absolute Gasteiger partial charge is 0.396 e. The minimum atomic E-state index is 0.251. The molecule has 15 heavy (non-hydrogen) atoms. The molecule has 0 aromatic carbocycles. The van der Waals surface area contributed by atoms with Crippen molar-refractivity contribution < 1.29 is 5.11 Å². The fraction of sp³-hybridized carbons (Fsp3) is 1.00. The molecule has 90 valence electrons. The summed E-state index contributed by atoms with van der Waals surface area (Å²) in [5.41, 5.74) is 0.251. The van der Waals surface area contributed by atoms with Crippen LogP contribution in [0.2, 0.25) is 0 Å². The van der Waals surface area contributed by atoms with E-state index >= 15 is 0 Å². The molecule has 1 rings (SSSR count). The average molecular weight is 213 g/mol. The Labute approximate surface area is 94.7 Å². The fourth-order valence-corrected chi connectivity index (χ4v) is 2.74. The topological polar surface area (TPSA) is 23.5 Å². The van der Waals surface area contributed by atoms with Gasteiger partial charge >= 0.3 is 0 Å². The minimum absolute atomic E-state index is 0.251. The van der Waals surface area contributed by atoms with Crippen LogP contribution in [0.3, 0.4) is 0 Å². The molecule has 0 saturated heterocycles. The number of rotatable bonds is 7. The molecule has 2 nitrogen and oxygen atoms in total. The Morgan fingerprint density at radius 2 is 2.07 bits per heavy atom. The lowest BCUT2D eigenvalue weighted by atomic mass is 9.90. The van der Waals surface area contributed by atoms with E-state index in [4.69, 9.17) is 0 Å². The van der Waals surface area contributed by atoms with Crippen LogP contribution in [0.4, 0.5) is 0 Å². The van der Waals surface area contributed by atoms with Crippen LogP contribution in [0.5, 0.6) is 0 Å². The first-order valence-corrected chi connectivity index (χ1v) is 6.43. The Kier molecular flexibility index (Phi) is 4.60. The van der Waals surface area contributed by atoms with Crippen molar-refractivity contribution in [3.63, 3.8) is 0 Å². The standard InChI is InChI=1S/C13H27NO/c1-5-7-14(6-2)9-12-8-13(12,10-15)11(3)4/h11-12,15H,5-10H2,1-4H3. The molecule has 0 amide bonds. The van der Waals surface area contributed by atoms with Gasteiger partial charge < -0.3 is 10.0 Å². The normalized spacial score (nSPS) is 30.2. The van der Waals surface area contributed by atoms with Gasteiger partial charge in [-0.1, -0.05) is 27.7 Å². The van der Waals surface area contributed by atoms with E-state index in [1.54, 1.807) is 0 Å². The maximum Gasteiger partial charge on any atom is 0.0493 e. The molecule has 1 aliphatic carbocycles. The molecule has 1 saturated carbocycles. The SMILES string of the molecule is CCCN(CC)CC1CC1(CO)C(C)C. The zero-order valence-electron chi connectivity index (χ0n) is 10.8. The van der Waals surface area contributed by atoms with Gasteiger partial charge in [0.15, 0.2) is 0 Å².